The van der Waals surface area contributed by atoms with E-state index in [-0.39, 0.29) is 5.91 Å². The zero-order valence-corrected chi connectivity index (χ0v) is 17.0. The van der Waals surface area contributed by atoms with Crippen LogP contribution in [0.1, 0.15) is 20.9 Å². The van der Waals surface area contributed by atoms with Gasteiger partial charge in [0.15, 0.2) is 0 Å². The lowest BCUT2D eigenvalue weighted by molar-refractivity contribution is 0.103. The number of hydrogen-bond acceptors (Lipinski definition) is 6. The number of benzene rings is 1. The van der Waals surface area contributed by atoms with E-state index in [4.69, 9.17) is 16.3 Å². The van der Waals surface area contributed by atoms with Crippen molar-refractivity contribution in [3.05, 3.63) is 70.2 Å². The van der Waals surface area contributed by atoms with E-state index < -0.39 is 0 Å². The van der Waals surface area contributed by atoms with E-state index in [0.717, 1.165) is 32.5 Å². The van der Waals surface area contributed by atoms with Crippen molar-refractivity contribution < 1.29 is 9.53 Å². The monoisotopic (exact) mass is 417 g/mol. The number of allylic oxidation sites excluding steroid dienone is 2. The van der Waals surface area contributed by atoms with Gasteiger partial charge >= 0.3 is 0 Å². The van der Waals surface area contributed by atoms with Gasteiger partial charge in [-0.1, -0.05) is 28.7 Å². The molecule has 2 heterocycles. The van der Waals surface area contributed by atoms with Crippen molar-refractivity contribution in [2.24, 2.45) is 0 Å². The average molecular weight is 418 g/mol. The number of anilines is 1. The quantitative estimate of drug-likeness (QED) is 0.415. The van der Waals surface area contributed by atoms with E-state index in [0.29, 0.717) is 21.4 Å². The number of aromatic nitrogens is 2. The van der Waals surface area contributed by atoms with E-state index in [2.05, 4.69) is 21.5 Å². The number of rotatable bonds is 6. The molecule has 0 radical (unpaired) electrons. The first-order valence-electron chi connectivity index (χ1n) is 7.90. The Hall–Kier alpha value is -2.48. The lowest BCUT2D eigenvalue weighted by Crippen LogP contribution is -2.10. The molecule has 0 bridgehead atoms. The van der Waals surface area contributed by atoms with Gasteiger partial charge in [-0.15, -0.1) is 16.4 Å². The molecule has 138 valence electrons. The molecule has 0 aliphatic heterocycles. The summed E-state index contributed by atoms with van der Waals surface area (Å²) >= 11 is 8.91. The molecule has 0 atom stereocenters. The van der Waals surface area contributed by atoms with Crippen LogP contribution >= 0.6 is 34.5 Å². The molecule has 3 rings (SSSR count). The molecule has 2 aromatic heterocycles. The van der Waals surface area contributed by atoms with Gasteiger partial charge in [0.25, 0.3) is 5.91 Å². The molecule has 1 aromatic carbocycles. The lowest BCUT2D eigenvalue weighted by Gasteiger charge is -2.09. The minimum atomic E-state index is -0.216. The van der Waals surface area contributed by atoms with Crippen molar-refractivity contribution >= 4 is 51.1 Å². The maximum Gasteiger partial charge on any atom is 0.269 e. The summed E-state index contributed by atoms with van der Waals surface area (Å²) in [7, 11) is 1.61. The van der Waals surface area contributed by atoms with Crippen LogP contribution < -0.4 is 5.32 Å². The predicted octanol–water partition coefficient (Wildman–Crippen LogP) is 5.65. The smallest absolute Gasteiger partial charge is 0.269 e. The Labute approximate surface area is 170 Å². The number of amides is 1. The van der Waals surface area contributed by atoms with E-state index >= 15 is 0 Å². The molecular formula is C19H16ClN3O2S2. The number of methoxy groups -OCH3 is 1. The summed E-state index contributed by atoms with van der Waals surface area (Å²) in [5.74, 6) is 0.479. The van der Waals surface area contributed by atoms with Crippen molar-refractivity contribution in [2.75, 3.05) is 12.4 Å². The number of nitrogens with zero attached hydrogens (tertiary/aromatic N) is 2. The van der Waals surface area contributed by atoms with E-state index in [1.165, 1.54) is 11.3 Å². The first-order chi connectivity index (χ1) is 13.0. The SMILES string of the molecule is C=C/C=C(\OC)c1ccc(Cl)c(-c2ccc(NC(=O)c3snnc3C)s2)c1. The third kappa shape index (κ3) is 4.27. The highest BCUT2D eigenvalue weighted by Crippen LogP contribution is 2.37. The van der Waals surface area contributed by atoms with Gasteiger partial charge in [0, 0.05) is 21.0 Å². The van der Waals surface area contributed by atoms with Gasteiger partial charge in [-0.05, 0) is 54.9 Å². The summed E-state index contributed by atoms with van der Waals surface area (Å²) in [5.41, 5.74) is 2.37. The van der Waals surface area contributed by atoms with Crippen LogP contribution in [-0.4, -0.2) is 22.6 Å². The minimum absolute atomic E-state index is 0.216. The molecule has 3 aromatic rings. The highest BCUT2D eigenvalue weighted by Gasteiger charge is 2.15. The summed E-state index contributed by atoms with van der Waals surface area (Å²) in [6.07, 6.45) is 3.46. The standard InChI is InChI=1S/C19H16ClN3O2S2/c1-4-5-15(25-3)12-6-7-14(20)13(10-12)16-8-9-17(26-16)21-19(24)18-11(2)22-23-27-18/h4-10H,1H2,2-3H3,(H,21,24)/b15-5-. The van der Waals surface area contributed by atoms with Crippen LogP contribution in [0.15, 0.2) is 49.1 Å². The molecule has 0 aliphatic rings. The Bertz CT molecular complexity index is 1020. The van der Waals surface area contributed by atoms with Gasteiger partial charge in [0.1, 0.15) is 10.6 Å². The second-order valence-electron chi connectivity index (χ2n) is 5.47. The van der Waals surface area contributed by atoms with Gasteiger partial charge in [-0.2, -0.15) is 0 Å². The first-order valence-corrected chi connectivity index (χ1v) is 9.87. The second-order valence-corrected chi connectivity index (χ2v) is 7.72. The average Bonchev–Trinajstić information content (AvgIpc) is 3.29. The topological polar surface area (TPSA) is 64.1 Å². The fraction of sp³-hybridized carbons (Fsp3) is 0.105. The van der Waals surface area contributed by atoms with Gasteiger partial charge in [0.2, 0.25) is 0 Å². The van der Waals surface area contributed by atoms with Crippen LogP contribution in [0, 0.1) is 6.92 Å². The molecule has 27 heavy (non-hydrogen) atoms. The highest BCUT2D eigenvalue weighted by atomic mass is 35.5. The summed E-state index contributed by atoms with van der Waals surface area (Å²) in [6, 6.07) is 9.44. The van der Waals surface area contributed by atoms with E-state index in [1.54, 1.807) is 26.2 Å². The third-order valence-electron chi connectivity index (χ3n) is 3.71. The minimum Gasteiger partial charge on any atom is -0.496 e. The van der Waals surface area contributed by atoms with Crippen molar-refractivity contribution in [1.29, 1.82) is 0 Å². The summed E-state index contributed by atoms with van der Waals surface area (Å²) in [6.45, 7) is 5.46. The van der Waals surface area contributed by atoms with E-state index in [1.807, 2.05) is 30.3 Å². The number of aryl methyl sites for hydroxylation is 1. The van der Waals surface area contributed by atoms with Crippen LogP contribution in [0.5, 0.6) is 0 Å². The number of hydrogen-bond donors (Lipinski definition) is 1. The van der Waals surface area contributed by atoms with Crippen molar-refractivity contribution in [3.8, 4) is 10.4 Å². The van der Waals surface area contributed by atoms with Crippen LogP contribution in [0.4, 0.5) is 5.00 Å². The summed E-state index contributed by atoms with van der Waals surface area (Å²) < 4.78 is 9.19. The molecule has 0 unspecified atom stereocenters. The molecule has 0 aliphatic carbocycles. The van der Waals surface area contributed by atoms with Crippen LogP contribution in [-0.2, 0) is 4.74 Å². The number of thiophene rings is 1. The first kappa shape index (κ1) is 19.3. The number of carbonyl (C=O) groups excluding carboxylic acids is 1. The Morgan fingerprint density at radius 1 is 1.33 bits per heavy atom. The molecule has 8 heteroatoms. The zero-order chi connectivity index (χ0) is 19.4. The van der Waals surface area contributed by atoms with E-state index in [9.17, 15) is 4.79 Å². The van der Waals surface area contributed by atoms with Gasteiger partial charge < -0.3 is 10.1 Å². The van der Waals surface area contributed by atoms with Gasteiger partial charge in [-0.3, -0.25) is 4.79 Å². The fourth-order valence-corrected chi connectivity index (χ4v) is 4.17. The van der Waals surface area contributed by atoms with Crippen molar-refractivity contribution in [1.82, 2.24) is 9.59 Å². The maximum absolute atomic E-state index is 12.3. The molecule has 1 amide bonds. The van der Waals surface area contributed by atoms with Crippen LogP contribution in [0.25, 0.3) is 16.2 Å². The Balaban J connectivity index is 1.88. The number of carbonyl (C=O) groups is 1. The number of ether oxygens (including phenoxy) is 1. The van der Waals surface area contributed by atoms with Gasteiger partial charge in [-0.25, -0.2) is 0 Å². The molecule has 5 nitrogen and oxygen atoms in total. The number of nitrogens with one attached hydrogen (secondary N) is 1. The Morgan fingerprint density at radius 2 is 2.15 bits per heavy atom. The molecule has 0 fully saturated rings. The van der Waals surface area contributed by atoms with Crippen LogP contribution in [0.2, 0.25) is 5.02 Å². The maximum atomic E-state index is 12.3. The lowest BCUT2D eigenvalue weighted by atomic mass is 10.1. The number of halogens is 1. The van der Waals surface area contributed by atoms with Gasteiger partial charge in [0.05, 0.1) is 17.8 Å². The third-order valence-corrected chi connectivity index (χ3v) is 5.90. The Morgan fingerprint density at radius 3 is 2.81 bits per heavy atom. The zero-order valence-electron chi connectivity index (χ0n) is 14.7. The molecule has 0 spiro atoms. The molecule has 0 saturated heterocycles. The van der Waals surface area contributed by atoms with Crippen LogP contribution in [0.3, 0.4) is 0 Å². The largest absolute Gasteiger partial charge is 0.496 e. The highest BCUT2D eigenvalue weighted by molar-refractivity contribution is 7.19. The Kier molecular flexibility index (Phi) is 6.05. The fourth-order valence-electron chi connectivity index (χ4n) is 2.41. The molecule has 1 N–H and O–H groups in total. The normalized spacial score (nSPS) is 11.3. The summed E-state index contributed by atoms with van der Waals surface area (Å²) in [4.78, 5) is 13.8. The predicted molar refractivity (Wildman–Crippen MR) is 113 cm³/mol. The summed E-state index contributed by atoms with van der Waals surface area (Å²) in [5, 5.41) is 8.08. The van der Waals surface area contributed by atoms with Crippen molar-refractivity contribution in [2.45, 2.75) is 6.92 Å². The van der Waals surface area contributed by atoms with Crippen molar-refractivity contribution in [3.63, 3.8) is 0 Å². The second kappa shape index (κ2) is 8.47. The molecule has 0 saturated carbocycles. The molecular weight excluding hydrogens is 402 g/mol.